The van der Waals surface area contributed by atoms with Crippen molar-refractivity contribution in [3.05, 3.63) is 112 Å². The van der Waals surface area contributed by atoms with Crippen LogP contribution in [0.5, 0.6) is 5.75 Å². The van der Waals surface area contributed by atoms with Crippen molar-refractivity contribution in [3.63, 3.8) is 0 Å². The summed E-state index contributed by atoms with van der Waals surface area (Å²) in [5.41, 5.74) is 3.03. The zero-order chi connectivity index (χ0) is 23.2. The lowest BCUT2D eigenvalue weighted by atomic mass is 10.0. The number of benzene rings is 3. The number of hydrogen-bond donors (Lipinski definition) is 1. The van der Waals surface area contributed by atoms with Crippen molar-refractivity contribution in [3.8, 4) is 5.75 Å². The van der Waals surface area contributed by atoms with Crippen LogP contribution in [0.15, 0.2) is 83.7 Å². The molecular weight excluding hydrogens is 419 g/mol. The molecule has 0 aliphatic carbocycles. The van der Waals surface area contributed by atoms with Crippen LogP contribution in [0.3, 0.4) is 0 Å². The van der Waals surface area contributed by atoms with E-state index >= 15 is 0 Å². The fourth-order valence-corrected chi connectivity index (χ4v) is 3.80. The Balaban J connectivity index is 1.60. The Labute approximate surface area is 191 Å². The predicted molar refractivity (Wildman–Crippen MR) is 127 cm³/mol. The number of nitrogens with zero attached hydrogens (tertiary/aromatic N) is 1. The Kier molecular flexibility index (Phi) is 6.83. The van der Waals surface area contributed by atoms with Gasteiger partial charge in [-0.05, 0) is 59.7 Å². The van der Waals surface area contributed by atoms with Gasteiger partial charge in [0.2, 0.25) is 5.91 Å². The molecule has 0 saturated carbocycles. The summed E-state index contributed by atoms with van der Waals surface area (Å²) in [5, 5.41) is 3.68. The van der Waals surface area contributed by atoms with Crippen LogP contribution in [0.1, 0.15) is 16.7 Å². The lowest BCUT2D eigenvalue weighted by molar-refractivity contribution is -0.121. The van der Waals surface area contributed by atoms with Crippen molar-refractivity contribution in [1.29, 1.82) is 0 Å². The van der Waals surface area contributed by atoms with Crippen molar-refractivity contribution < 1.29 is 13.9 Å². The minimum atomic E-state index is -0.329. The monoisotopic (exact) mass is 444 g/mol. The maximum Gasteiger partial charge on any atom is 0.254 e. The van der Waals surface area contributed by atoms with Crippen LogP contribution >= 0.6 is 0 Å². The minimum absolute atomic E-state index is 0.122. The van der Waals surface area contributed by atoms with E-state index in [1.165, 1.54) is 16.7 Å². The molecule has 168 valence electrons. The van der Waals surface area contributed by atoms with E-state index < -0.39 is 0 Å². The standard InChI is InChI=1S/C27H25FN2O3/c1-33-24-14-11-21-15-22(10-7-19-5-3-2-4-6-19)27(32)30(25(21)16-24)18-26(31)29-17-20-8-12-23(28)13-9-20/h2-6,8-9,11-16H,7,10,17-18H2,1H3,(H,29,31). The Morgan fingerprint density at radius 1 is 0.939 bits per heavy atom. The van der Waals surface area contributed by atoms with Gasteiger partial charge in [-0.2, -0.15) is 0 Å². The predicted octanol–water partition coefficient (Wildman–Crippen LogP) is 4.25. The quantitative estimate of drug-likeness (QED) is 0.442. The number of ether oxygens (including phenoxy) is 1. The van der Waals surface area contributed by atoms with Crippen LogP contribution in [0.2, 0.25) is 0 Å². The van der Waals surface area contributed by atoms with E-state index in [2.05, 4.69) is 5.32 Å². The van der Waals surface area contributed by atoms with E-state index in [1.807, 2.05) is 48.5 Å². The molecular formula is C27H25FN2O3. The van der Waals surface area contributed by atoms with Gasteiger partial charge in [0.25, 0.3) is 5.56 Å². The van der Waals surface area contributed by atoms with E-state index in [0.29, 0.717) is 23.3 Å². The van der Waals surface area contributed by atoms with Crippen molar-refractivity contribution >= 4 is 16.8 Å². The highest BCUT2D eigenvalue weighted by Gasteiger charge is 2.14. The average Bonchev–Trinajstić information content (AvgIpc) is 2.84. The molecule has 4 rings (SSSR count). The Bertz CT molecular complexity index is 1320. The molecule has 1 aromatic heterocycles. The summed E-state index contributed by atoms with van der Waals surface area (Å²) in [5.74, 6) is -0.0190. The molecule has 0 aliphatic heterocycles. The zero-order valence-corrected chi connectivity index (χ0v) is 18.4. The summed E-state index contributed by atoms with van der Waals surface area (Å²) in [7, 11) is 1.56. The van der Waals surface area contributed by atoms with Crippen molar-refractivity contribution in [2.45, 2.75) is 25.9 Å². The molecule has 0 spiro atoms. The van der Waals surface area contributed by atoms with Crippen LogP contribution in [-0.2, 0) is 30.7 Å². The van der Waals surface area contributed by atoms with Crippen LogP contribution in [0, 0.1) is 5.82 Å². The Hall–Kier alpha value is -3.93. The van der Waals surface area contributed by atoms with Crippen LogP contribution in [0.4, 0.5) is 4.39 Å². The lowest BCUT2D eigenvalue weighted by Gasteiger charge is -2.14. The van der Waals surface area contributed by atoms with Gasteiger partial charge < -0.3 is 10.1 Å². The molecule has 1 N–H and O–H groups in total. The average molecular weight is 445 g/mol. The van der Waals surface area contributed by atoms with Gasteiger partial charge in [0.15, 0.2) is 0 Å². The number of fused-ring (bicyclic) bond motifs is 1. The van der Waals surface area contributed by atoms with Crippen LogP contribution in [0.25, 0.3) is 10.9 Å². The van der Waals surface area contributed by atoms with Crippen molar-refractivity contribution in [1.82, 2.24) is 9.88 Å². The number of carbonyl (C=O) groups is 1. The molecule has 0 bridgehead atoms. The Morgan fingerprint density at radius 3 is 2.42 bits per heavy atom. The highest BCUT2D eigenvalue weighted by molar-refractivity contribution is 5.84. The summed E-state index contributed by atoms with van der Waals surface area (Å²) in [6.45, 7) is 0.131. The summed E-state index contributed by atoms with van der Waals surface area (Å²) in [6.07, 6.45) is 1.30. The number of carbonyl (C=O) groups excluding carboxylic acids is 1. The van der Waals surface area contributed by atoms with Crippen molar-refractivity contribution in [2.24, 2.45) is 0 Å². The summed E-state index contributed by atoms with van der Waals surface area (Å²) in [4.78, 5) is 26.1. The molecule has 0 saturated heterocycles. The van der Waals surface area contributed by atoms with Crippen LogP contribution < -0.4 is 15.6 Å². The molecule has 1 amide bonds. The van der Waals surface area contributed by atoms with E-state index in [-0.39, 0.29) is 30.4 Å². The summed E-state index contributed by atoms with van der Waals surface area (Å²) >= 11 is 0. The van der Waals surface area contributed by atoms with Gasteiger partial charge in [-0.15, -0.1) is 0 Å². The molecule has 5 nitrogen and oxygen atoms in total. The molecule has 0 unspecified atom stereocenters. The lowest BCUT2D eigenvalue weighted by Crippen LogP contribution is -2.33. The van der Waals surface area contributed by atoms with Gasteiger partial charge in [0, 0.05) is 18.2 Å². The normalized spacial score (nSPS) is 10.8. The highest BCUT2D eigenvalue weighted by atomic mass is 19.1. The molecule has 0 radical (unpaired) electrons. The molecule has 0 aliphatic rings. The molecule has 3 aromatic carbocycles. The highest BCUT2D eigenvalue weighted by Crippen LogP contribution is 2.21. The van der Waals surface area contributed by atoms with Gasteiger partial charge in [-0.25, -0.2) is 4.39 Å². The smallest absolute Gasteiger partial charge is 0.254 e. The molecule has 1 heterocycles. The number of aryl methyl sites for hydroxylation is 2. The number of hydrogen-bond acceptors (Lipinski definition) is 3. The number of methoxy groups -OCH3 is 1. The van der Waals surface area contributed by atoms with Gasteiger partial charge in [-0.3, -0.25) is 14.2 Å². The second-order valence-electron chi connectivity index (χ2n) is 7.87. The minimum Gasteiger partial charge on any atom is -0.497 e. The first-order valence-corrected chi connectivity index (χ1v) is 10.8. The van der Waals surface area contributed by atoms with Gasteiger partial charge >= 0.3 is 0 Å². The maximum absolute atomic E-state index is 13.4. The second kappa shape index (κ2) is 10.1. The van der Waals surface area contributed by atoms with Crippen LogP contribution in [-0.4, -0.2) is 17.6 Å². The molecule has 0 fully saturated rings. The molecule has 4 aromatic rings. The first-order chi connectivity index (χ1) is 16.0. The maximum atomic E-state index is 13.4. The first-order valence-electron chi connectivity index (χ1n) is 10.8. The number of nitrogens with one attached hydrogen (secondary N) is 1. The topological polar surface area (TPSA) is 60.3 Å². The summed E-state index contributed by atoms with van der Waals surface area (Å²) in [6, 6.07) is 23.3. The molecule has 6 heteroatoms. The van der Waals surface area contributed by atoms with Gasteiger partial charge in [-0.1, -0.05) is 42.5 Å². The second-order valence-corrected chi connectivity index (χ2v) is 7.87. The molecule has 0 atom stereocenters. The van der Waals surface area contributed by atoms with E-state index in [0.717, 1.165) is 22.9 Å². The summed E-state index contributed by atoms with van der Waals surface area (Å²) < 4.78 is 19.9. The van der Waals surface area contributed by atoms with E-state index in [9.17, 15) is 14.0 Å². The van der Waals surface area contributed by atoms with E-state index in [4.69, 9.17) is 4.74 Å². The molecule has 33 heavy (non-hydrogen) atoms. The number of aromatic nitrogens is 1. The van der Waals surface area contributed by atoms with Gasteiger partial charge in [0.05, 0.1) is 12.6 Å². The SMILES string of the molecule is COc1ccc2cc(CCc3ccccc3)c(=O)n(CC(=O)NCc3ccc(F)cc3)c2c1. The third-order valence-corrected chi connectivity index (χ3v) is 5.61. The zero-order valence-electron chi connectivity index (χ0n) is 18.4. The number of pyridine rings is 1. The Morgan fingerprint density at radius 2 is 1.70 bits per heavy atom. The number of rotatable bonds is 8. The fraction of sp³-hybridized carbons (Fsp3) is 0.185. The third-order valence-electron chi connectivity index (χ3n) is 5.61. The van der Waals surface area contributed by atoms with E-state index in [1.54, 1.807) is 25.3 Å². The number of halogens is 1. The van der Waals surface area contributed by atoms with Gasteiger partial charge in [0.1, 0.15) is 18.1 Å². The largest absolute Gasteiger partial charge is 0.497 e. The number of amides is 1. The van der Waals surface area contributed by atoms with Crippen molar-refractivity contribution in [2.75, 3.05) is 7.11 Å². The first kappa shape index (κ1) is 22.3. The fourth-order valence-electron chi connectivity index (χ4n) is 3.80. The third kappa shape index (κ3) is 5.47.